The first-order valence-corrected chi connectivity index (χ1v) is 7.09. The lowest BCUT2D eigenvalue weighted by Gasteiger charge is -2.08. The van der Waals surface area contributed by atoms with Gasteiger partial charge in [-0.15, -0.1) is 10.2 Å². The molecule has 0 aliphatic heterocycles. The van der Waals surface area contributed by atoms with Gasteiger partial charge in [-0.1, -0.05) is 6.07 Å². The number of carboxylic acids is 1. The van der Waals surface area contributed by atoms with E-state index in [1.807, 2.05) is 0 Å². The molecule has 124 valence electrons. The number of carboxylic acid groups (broad SMARTS) is 1. The Kier molecular flexibility index (Phi) is 4.29. The van der Waals surface area contributed by atoms with Gasteiger partial charge in [0.2, 0.25) is 0 Å². The second kappa shape index (κ2) is 6.71. The topological polar surface area (TPSA) is 124 Å². The zero-order valence-electron chi connectivity index (χ0n) is 12.7. The first kappa shape index (κ1) is 16.0. The van der Waals surface area contributed by atoms with Gasteiger partial charge in [0.05, 0.1) is 4.92 Å². The molecule has 2 aromatic heterocycles. The van der Waals surface area contributed by atoms with E-state index in [0.29, 0.717) is 17.2 Å². The number of carbonyl (C=O) groups is 1. The molecule has 1 aromatic carbocycles. The highest BCUT2D eigenvalue weighted by Crippen LogP contribution is 2.23. The lowest BCUT2D eigenvalue weighted by molar-refractivity contribution is -0.384. The van der Waals surface area contributed by atoms with Crippen LogP contribution >= 0.6 is 0 Å². The number of benzene rings is 1. The molecule has 0 atom stereocenters. The normalized spacial score (nSPS) is 10.9. The Hall–Kier alpha value is -3.88. The van der Waals surface area contributed by atoms with Gasteiger partial charge in [0.25, 0.3) is 5.69 Å². The maximum absolute atomic E-state index is 10.8. The number of hydrogen-bond acceptors (Lipinski definition) is 6. The van der Waals surface area contributed by atoms with Crippen LogP contribution in [0.25, 0.3) is 23.3 Å². The van der Waals surface area contributed by atoms with E-state index in [2.05, 4.69) is 15.2 Å². The fourth-order valence-corrected chi connectivity index (χ4v) is 2.19. The van der Waals surface area contributed by atoms with E-state index in [1.54, 1.807) is 29.0 Å². The van der Waals surface area contributed by atoms with Crippen LogP contribution in [0.2, 0.25) is 0 Å². The third-order valence-electron chi connectivity index (χ3n) is 3.28. The summed E-state index contributed by atoms with van der Waals surface area (Å²) in [5, 5.41) is 27.7. The maximum atomic E-state index is 10.8. The Labute approximate surface area is 141 Å². The minimum atomic E-state index is -1.13. The Morgan fingerprint density at radius 1 is 1.16 bits per heavy atom. The van der Waals surface area contributed by atoms with Crippen LogP contribution < -0.4 is 0 Å². The summed E-state index contributed by atoms with van der Waals surface area (Å²) in [6.45, 7) is 0. The number of hydrogen-bond donors (Lipinski definition) is 1. The first-order valence-electron chi connectivity index (χ1n) is 7.09. The molecule has 25 heavy (non-hydrogen) atoms. The van der Waals surface area contributed by atoms with Crippen LogP contribution in [0.1, 0.15) is 5.82 Å². The second-order valence-electron chi connectivity index (χ2n) is 4.88. The monoisotopic (exact) mass is 337 g/mol. The molecule has 0 bridgehead atoms. The zero-order chi connectivity index (χ0) is 17.8. The number of aromatic nitrogens is 4. The molecule has 0 saturated heterocycles. The van der Waals surface area contributed by atoms with Crippen LogP contribution in [0.3, 0.4) is 0 Å². The van der Waals surface area contributed by atoms with Crippen LogP contribution in [0.5, 0.6) is 0 Å². The molecule has 9 heteroatoms. The molecule has 9 nitrogen and oxygen atoms in total. The summed E-state index contributed by atoms with van der Waals surface area (Å²) in [5.41, 5.74) is 1.02. The Balaban J connectivity index is 2.15. The van der Waals surface area contributed by atoms with Crippen molar-refractivity contribution in [1.29, 1.82) is 0 Å². The van der Waals surface area contributed by atoms with Crippen LogP contribution in [0, 0.1) is 10.1 Å². The Morgan fingerprint density at radius 2 is 1.92 bits per heavy atom. The van der Waals surface area contributed by atoms with Gasteiger partial charge in [0.1, 0.15) is 5.69 Å². The summed E-state index contributed by atoms with van der Waals surface area (Å²) < 4.78 is 1.57. The molecule has 2 heterocycles. The van der Waals surface area contributed by atoms with Crippen LogP contribution in [0.4, 0.5) is 5.69 Å². The molecule has 0 unspecified atom stereocenters. The van der Waals surface area contributed by atoms with Crippen molar-refractivity contribution >= 4 is 17.7 Å². The quantitative estimate of drug-likeness (QED) is 0.430. The first-order chi connectivity index (χ1) is 12.1. The van der Waals surface area contributed by atoms with Crippen molar-refractivity contribution in [3.63, 3.8) is 0 Å². The smallest absolute Gasteiger partial charge is 0.328 e. The van der Waals surface area contributed by atoms with Crippen LogP contribution in [-0.4, -0.2) is 35.7 Å². The molecule has 3 aromatic rings. The van der Waals surface area contributed by atoms with Gasteiger partial charge < -0.3 is 5.11 Å². The van der Waals surface area contributed by atoms with Crippen molar-refractivity contribution in [2.45, 2.75) is 0 Å². The van der Waals surface area contributed by atoms with E-state index >= 15 is 0 Å². The van der Waals surface area contributed by atoms with E-state index in [4.69, 9.17) is 5.11 Å². The lowest BCUT2D eigenvalue weighted by atomic mass is 10.2. The molecule has 0 amide bonds. The van der Waals surface area contributed by atoms with Crippen LogP contribution in [-0.2, 0) is 4.79 Å². The van der Waals surface area contributed by atoms with Gasteiger partial charge in [0, 0.05) is 30.1 Å². The number of nitro benzene ring substituents is 1. The maximum Gasteiger partial charge on any atom is 0.328 e. The molecule has 1 N–H and O–H groups in total. The SMILES string of the molecule is O=C(O)/C=C/c1nnc(-c2ccccn2)n1-c1ccc([N+](=O)[O-])cc1. The van der Waals surface area contributed by atoms with E-state index in [9.17, 15) is 14.9 Å². The number of nitrogens with zero attached hydrogens (tertiary/aromatic N) is 5. The third kappa shape index (κ3) is 3.39. The van der Waals surface area contributed by atoms with Crippen molar-refractivity contribution < 1.29 is 14.8 Å². The van der Waals surface area contributed by atoms with E-state index in [-0.39, 0.29) is 11.5 Å². The van der Waals surface area contributed by atoms with Gasteiger partial charge in [-0.2, -0.15) is 0 Å². The minimum absolute atomic E-state index is 0.0566. The van der Waals surface area contributed by atoms with Crippen LogP contribution in [0.15, 0.2) is 54.7 Å². The summed E-state index contributed by atoms with van der Waals surface area (Å²) in [7, 11) is 0. The highest BCUT2D eigenvalue weighted by molar-refractivity contribution is 5.84. The van der Waals surface area contributed by atoms with Crippen molar-refractivity contribution in [3.8, 4) is 17.2 Å². The predicted octanol–water partition coefficient (Wildman–Crippen LogP) is 2.34. The number of rotatable bonds is 5. The van der Waals surface area contributed by atoms with Gasteiger partial charge in [-0.3, -0.25) is 19.7 Å². The zero-order valence-corrected chi connectivity index (χ0v) is 12.7. The molecular formula is C16H11N5O4. The molecular weight excluding hydrogens is 326 g/mol. The fraction of sp³-hybridized carbons (Fsp3) is 0. The van der Waals surface area contributed by atoms with Crippen molar-refractivity contribution in [2.24, 2.45) is 0 Å². The van der Waals surface area contributed by atoms with Crippen molar-refractivity contribution in [3.05, 3.63) is 70.7 Å². The van der Waals surface area contributed by atoms with E-state index < -0.39 is 10.9 Å². The molecule has 0 saturated carbocycles. The van der Waals surface area contributed by atoms with E-state index in [0.717, 1.165) is 6.08 Å². The molecule has 0 fully saturated rings. The number of non-ortho nitro benzene ring substituents is 1. The molecule has 0 spiro atoms. The predicted molar refractivity (Wildman–Crippen MR) is 87.9 cm³/mol. The average Bonchev–Trinajstić information content (AvgIpc) is 3.04. The highest BCUT2D eigenvalue weighted by atomic mass is 16.6. The van der Waals surface area contributed by atoms with Gasteiger partial charge in [-0.05, 0) is 30.3 Å². The Bertz CT molecular complexity index is 948. The second-order valence-corrected chi connectivity index (χ2v) is 4.88. The fourth-order valence-electron chi connectivity index (χ4n) is 2.19. The summed E-state index contributed by atoms with van der Waals surface area (Å²) in [4.78, 5) is 25.3. The van der Waals surface area contributed by atoms with Crippen molar-refractivity contribution in [2.75, 3.05) is 0 Å². The summed E-state index contributed by atoms with van der Waals surface area (Å²) in [5.74, 6) is -0.478. The minimum Gasteiger partial charge on any atom is -0.478 e. The number of pyridine rings is 1. The summed E-state index contributed by atoms with van der Waals surface area (Å²) in [6.07, 6.45) is 3.83. The van der Waals surface area contributed by atoms with E-state index in [1.165, 1.54) is 30.3 Å². The van der Waals surface area contributed by atoms with Gasteiger partial charge >= 0.3 is 5.97 Å². The summed E-state index contributed by atoms with van der Waals surface area (Å²) in [6, 6.07) is 11.0. The van der Waals surface area contributed by atoms with Gasteiger partial charge in [0.15, 0.2) is 11.6 Å². The standard InChI is InChI=1S/C16H11N5O4/c22-15(23)9-8-14-18-19-16(13-3-1-2-10-17-13)20(14)11-4-6-12(7-5-11)21(24)25/h1-10H,(H,22,23)/b9-8+. The average molecular weight is 337 g/mol. The lowest BCUT2D eigenvalue weighted by Crippen LogP contribution is -2.02. The molecule has 0 aliphatic rings. The molecule has 0 aliphatic carbocycles. The van der Waals surface area contributed by atoms with Gasteiger partial charge in [-0.25, -0.2) is 4.79 Å². The largest absolute Gasteiger partial charge is 0.478 e. The molecule has 0 radical (unpaired) electrons. The summed E-state index contributed by atoms with van der Waals surface area (Å²) >= 11 is 0. The third-order valence-corrected chi connectivity index (χ3v) is 3.28. The highest BCUT2D eigenvalue weighted by Gasteiger charge is 2.16. The number of nitro groups is 1. The molecule has 3 rings (SSSR count). The van der Waals surface area contributed by atoms with Crippen molar-refractivity contribution in [1.82, 2.24) is 19.7 Å². The Morgan fingerprint density at radius 3 is 2.52 bits per heavy atom. The number of aliphatic carboxylic acids is 1.